The minimum Gasteiger partial charge on any atom is -0.497 e. The Morgan fingerprint density at radius 1 is 0.957 bits per heavy atom. The molecule has 23 heavy (non-hydrogen) atoms. The van der Waals surface area contributed by atoms with Crippen LogP contribution in [0.15, 0.2) is 54.7 Å². The third-order valence-electron chi connectivity index (χ3n) is 3.31. The minimum atomic E-state index is 0.442. The topological polar surface area (TPSA) is 72.0 Å². The molecule has 1 aromatic heterocycles. The molecule has 3 rings (SSSR count). The molecule has 0 atom stereocenters. The fourth-order valence-corrected chi connectivity index (χ4v) is 2.07. The van der Waals surface area contributed by atoms with Gasteiger partial charge in [-0.25, -0.2) is 0 Å². The highest BCUT2D eigenvalue weighted by Gasteiger charge is 2.04. The molecule has 0 aliphatic carbocycles. The van der Waals surface area contributed by atoms with Crippen LogP contribution in [0.25, 0.3) is 0 Å². The standard InChI is InChI=1S/C17H17N5O/c1-12-5-3-4-6-15(12)20-17-21-16(11-18-22-17)19-13-7-9-14(23-2)10-8-13/h3-11H,1-2H3,(H2,19,20,21,22). The Labute approximate surface area is 134 Å². The second-order valence-electron chi connectivity index (χ2n) is 4.96. The molecule has 2 aromatic carbocycles. The highest BCUT2D eigenvalue weighted by atomic mass is 16.5. The first-order chi connectivity index (χ1) is 11.2. The fourth-order valence-electron chi connectivity index (χ4n) is 2.07. The number of rotatable bonds is 5. The Hall–Kier alpha value is -3.15. The lowest BCUT2D eigenvalue weighted by Gasteiger charge is -2.09. The van der Waals surface area contributed by atoms with E-state index in [1.54, 1.807) is 13.3 Å². The molecule has 0 saturated carbocycles. The predicted molar refractivity (Wildman–Crippen MR) is 90.6 cm³/mol. The van der Waals surface area contributed by atoms with Crippen LogP contribution < -0.4 is 15.4 Å². The number of nitrogens with one attached hydrogen (secondary N) is 2. The molecule has 6 heteroatoms. The van der Waals surface area contributed by atoms with Crippen molar-refractivity contribution in [2.75, 3.05) is 17.7 Å². The molecule has 0 unspecified atom stereocenters. The number of ether oxygens (including phenoxy) is 1. The average Bonchev–Trinajstić information content (AvgIpc) is 2.58. The lowest BCUT2D eigenvalue weighted by Crippen LogP contribution is -2.03. The summed E-state index contributed by atoms with van der Waals surface area (Å²) in [5.41, 5.74) is 2.97. The van der Waals surface area contributed by atoms with Gasteiger partial charge in [0.15, 0.2) is 5.82 Å². The highest BCUT2D eigenvalue weighted by molar-refractivity contribution is 5.61. The quantitative estimate of drug-likeness (QED) is 0.749. The summed E-state index contributed by atoms with van der Waals surface area (Å²) < 4.78 is 5.14. The first-order valence-corrected chi connectivity index (χ1v) is 7.18. The van der Waals surface area contributed by atoms with Crippen molar-refractivity contribution in [3.8, 4) is 5.75 Å². The van der Waals surface area contributed by atoms with Gasteiger partial charge in [-0.2, -0.15) is 10.1 Å². The zero-order valence-electron chi connectivity index (χ0n) is 12.9. The van der Waals surface area contributed by atoms with Crippen LogP contribution in [0.1, 0.15) is 5.56 Å². The Kier molecular flexibility index (Phi) is 4.33. The summed E-state index contributed by atoms with van der Waals surface area (Å²) in [5, 5.41) is 14.3. The normalized spacial score (nSPS) is 10.2. The Morgan fingerprint density at radius 2 is 1.74 bits per heavy atom. The maximum atomic E-state index is 5.14. The van der Waals surface area contributed by atoms with Crippen LogP contribution >= 0.6 is 0 Å². The summed E-state index contributed by atoms with van der Waals surface area (Å²) >= 11 is 0. The summed E-state index contributed by atoms with van der Waals surface area (Å²) in [6.45, 7) is 2.02. The van der Waals surface area contributed by atoms with E-state index in [0.717, 1.165) is 22.7 Å². The summed E-state index contributed by atoms with van der Waals surface area (Å²) in [6, 6.07) is 15.5. The molecule has 0 spiro atoms. The number of nitrogens with zero attached hydrogens (tertiary/aromatic N) is 3. The van der Waals surface area contributed by atoms with Gasteiger partial charge in [0.2, 0.25) is 5.95 Å². The highest BCUT2D eigenvalue weighted by Crippen LogP contribution is 2.20. The zero-order chi connectivity index (χ0) is 16.1. The van der Waals surface area contributed by atoms with Crippen molar-refractivity contribution in [3.05, 3.63) is 60.3 Å². The lowest BCUT2D eigenvalue weighted by atomic mass is 10.2. The molecule has 0 aliphatic rings. The third-order valence-corrected chi connectivity index (χ3v) is 3.31. The van der Waals surface area contributed by atoms with Gasteiger partial charge in [0.25, 0.3) is 0 Å². The van der Waals surface area contributed by atoms with E-state index in [1.807, 2.05) is 55.5 Å². The Morgan fingerprint density at radius 3 is 2.48 bits per heavy atom. The third kappa shape index (κ3) is 3.74. The van der Waals surface area contributed by atoms with Crippen LogP contribution in [0.3, 0.4) is 0 Å². The van der Waals surface area contributed by atoms with Crippen LogP contribution in [0, 0.1) is 6.92 Å². The number of aromatic nitrogens is 3. The molecule has 0 radical (unpaired) electrons. The average molecular weight is 307 g/mol. The molecule has 0 bridgehead atoms. The Balaban J connectivity index is 1.75. The van der Waals surface area contributed by atoms with Crippen molar-refractivity contribution in [2.24, 2.45) is 0 Å². The van der Waals surface area contributed by atoms with Gasteiger partial charge < -0.3 is 15.4 Å². The van der Waals surface area contributed by atoms with Crippen molar-refractivity contribution in [1.29, 1.82) is 0 Å². The van der Waals surface area contributed by atoms with Crippen LogP contribution in [0.4, 0.5) is 23.1 Å². The predicted octanol–water partition coefficient (Wildman–Crippen LogP) is 3.68. The van der Waals surface area contributed by atoms with E-state index in [0.29, 0.717) is 11.8 Å². The van der Waals surface area contributed by atoms with Gasteiger partial charge in [0.1, 0.15) is 5.75 Å². The van der Waals surface area contributed by atoms with E-state index in [1.165, 1.54) is 0 Å². The summed E-state index contributed by atoms with van der Waals surface area (Å²) in [7, 11) is 1.64. The van der Waals surface area contributed by atoms with Crippen LogP contribution in [-0.4, -0.2) is 22.3 Å². The summed E-state index contributed by atoms with van der Waals surface area (Å²) in [6.07, 6.45) is 1.58. The maximum absolute atomic E-state index is 5.14. The smallest absolute Gasteiger partial charge is 0.249 e. The van der Waals surface area contributed by atoms with Crippen LogP contribution in [0.5, 0.6) is 5.75 Å². The van der Waals surface area contributed by atoms with Crippen molar-refractivity contribution in [1.82, 2.24) is 15.2 Å². The molecule has 3 aromatic rings. The molecule has 0 fully saturated rings. The van der Waals surface area contributed by atoms with Crippen LogP contribution in [-0.2, 0) is 0 Å². The van der Waals surface area contributed by atoms with E-state index in [4.69, 9.17) is 4.74 Å². The van der Waals surface area contributed by atoms with Gasteiger partial charge in [0.05, 0.1) is 13.3 Å². The van der Waals surface area contributed by atoms with E-state index < -0.39 is 0 Å². The van der Waals surface area contributed by atoms with Gasteiger partial charge in [-0.1, -0.05) is 18.2 Å². The molecule has 1 heterocycles. The largest absolute Gasteiger partial charge is 0.497 e. The number of aryl methyl sites for hydroxylation is 1. The number of anilines is 4. The molecule has 0 amide bonds. The molecule has 2 N–H and O–H groups in total. The van der Waals surface area contributed by atoms with Crippen molar-refractivity contribution in [2.45, 2.75) is 6.92 Å². The van der Waals surface area contributed by atoms with Crippen molar-refractivity contribution < 1.29 is 4.74 Å². The monoisotopic (exact) mass is 307 g/mol. The SMILES string of the molecule is COc1ccc(Nc2cnnc(Nc3ccccc3C)n2)cc1. The van der Waals surface area contributed by atoms with E-state index >= 15 is 0 Å². The van der Waals surface area contributed by atoms with Gasteiger partial charge in [-0.15, -0.1) is 5.10 Å². The van der Waals surface area contributed by atoms with E-state index in [-0.39, 0.29) is 0 Å². The molecule has 116 valence electrons. The zero-order valence-corrected chi connectivity index (χ0v) is 12.9. The Bertz CT molecular complexity index is 789. The van der Waals surface area contributed by atoms with E-state index in [9.17, 15) is 0 Å². The number of methoxy groups -OCH3 is 1. The number of hydrogen-bond donors (Lipinski definition) is 2. The van der Waals surface area contributed by atoms with E-state index in [2.05, 4.69) is 25.8 Å². The molecule has 0 aliphatic heterocycles. The maximum Gasteiger partial charge on any atom is 0.249 e. The van der Waals surface area contributed by atoms with Crippen molar-refractivity contribution >= 4 is 23.1 Å². The number of para-hydroxylation sites is 1. The lowest BCUT2D eigenvalue weighted by molar-refractivity contribution is 0.415. The van der Waals surface area contributed by atoms with Gasteiger partial charge in [-0.05, 0) is 42.8 Å². The molecular weight excluding hydrogens is 290 g/mol. The second-order valence-corrected chi connectivity index (χ2v) is 4.96. The van der Waals surface area contributed by atoms with Crippen LogP contribution in [0.2, 0.25) is 0 Å². The first kappa shape index (κ1) is 14.8. The second kappa shape index (κ2) is 6.74. The summed E-state index contributed by atoms with van der Waals surface area (Å²) in [4.78, 5) is 4.42. The molecule has 0 saturated heterocycles. The molecule has 6 nitrogen and oxygen atoms in total. The first-order valence-electron chi connectivity index (χ1n) is 7.18. The molecular formula is C17H17N5O. The number of benzene rings is 2. The van der Waals surface area contributed by atoms with Crippen molar-refractivity contribution in [3.63, 3.8) is 0 Å². The fraction of sp³-hybridized carbons (Fsp3) is 0.118. The van der Waals surface area contributed by atoms with Gasteiger partial charge in [-0.3, -0.25) is 0 Å². The van der Waals surface area contributed by atoms with Gasteiger partial charge in [0, 0.05) is 11.4 Å². The minimum absolute atomic E-state index is 0.442. The van der Waals surface area contributed by atoms with Gasteiger partial charge >= 0.3 is 0 Å². The summed E-state index contributed by atoms with van der Waals surface area (Å²) in [5.74, 6) is 1.86. The number of hydrogen-bond acceptors (Lipinski definition) is 6.